The number of benzene rings is 4. The molecule has 0 spiro atoms. The molecule has 2 heterocycles. The monoisotopic (exact) mass is 826 g/mol. The number of hydrogen-bond donors (Lipinski definition) is 2. The van der Waals surface area contributed by atoms with E-state index in [1.54, 1.807) is 11.8 Å². The molecule has 5 aromatic rings. The Kier molecular flexibility index (Phi) is 13.0. The lowest BCUT2D eigenvalue weighted by Gasteiger charge is -2.37. The second kappa shape index (κ2) is 18.2. The molecule has 0 amide bonds. The van der Waals surface area contributed by atoms with E-state index in [0.29, 0.717) is 23.2 Å². The molecule has 1 aliphatic heterocycles. The third-order valence-electron chi connectivity index (χ3n) is 10.4. The molecule has 7 rings (SSSR count). The molecule has 15 heteroatoms. The standard InChI is InChI=1S/C42H47ClN8O4S2/c1-48(2)27-33(28-56-35-9-4-3-5-10-35)46-39-19-17-36(25-41(39)51(52)53)57(54,55)47-42-38-18-16-34(24-40(38)44-29-45-42)50-22-20-49(21-23-50)26-31-8-6-7-11-37(31)30-12-14-32(43)15-13-30/h3-5,9-10,12-19,24-25,29,33,46H,6-8,11,20-23,26-28H2,1-2H3,(H,44,45,47)/t33-/m1/s1. The lowest BCUT2D eigenvalue weighted by Crippen LogP contribution is -2.47. The molecule has 0 saturated carbocycles. The molecular formula is C42H47ClN8O4S2. The Bertz CT molecular complexity index is 2340. The fourth-order valence-electron chi connectivity index (χ4n) is 7.55. The average molecular weight is 827 g/mol. The van der Waals surface area contributed by atoms with E-state index in [0.717, 1.165) is 67.2 Å². The smallest absolute Gasteiger partial charge is 0.293 e. The van der Waals surface area contributed by atoms with Gasteiger partial charge in [-0.2, -0.15) is 0 Å². The number of sulfonamides is 1. The summed E-state index contributed by atoms with van der Waals surface area (Å²) >= 11 is 7.81. The molecule has 1 fully saturated rings. The molecule has 1 saturated heterocycles. The van der Waals surface area contributed by atoms with Crippen molar-refractivity contribution >= 4 is 72.7 Å². The molecular weight excluding hydrogens is 780 g/mol. The summed E-state index contributed by atoms with van der Waals surface area (Å²) in [5.41, 5.74) is 5.77. The Morgan fingerprint density at radius 3 is 2.42 bits per heavy atom. The van der Waals surface area contributed by atoms with E-state index >= 15 is 0 Å². The van der Waals surface area contributed by atoms with Gasteiger partial charge in [0.05, 0.1) is 15.3 Å². The summed E-state index contributed by atoms with van der Waals surface area (Å²) in [7, 11) is -0.382. The van der Waals surface area contributed by atoms with Gasteiger partial charge < -0.3 is 15.1 Å². The summed E-state index contributed by atoms with van der Waals surface area (Å²) in [4.78, 5) is 28.1. The van der Waals surface area contributed by atoms with Gasteiger partial charge in [0.2, 0.25) is 0 Å². The number of rotatable bonds is 15. The third-order valence-corrected chi connectivity index (χ3v) is 13.2. The number of hydrogen-bond acceptors (Lipinski definition) is 11. The van der Waals surface area contributed by atoms with Crippen molar-refractivity contribution in [3.63, 3.8) is 0 Å². The Labute approximate surface area is 343 Å². The summed E-state index contributed by atoms with van der Waals surface area (Å²) in [5, 5.41) is 16.8. The zero-order valence-electron chi connectivity index (χ0n) is 32.1. The molecule has 298 valence electrons. The fraction of sp³-hybridized carbons (Fsp3) is 0.333. The third kappa shape index (κ3) is 10.2. The van der Waals surface area contributed by atoms with Crippen molar-refractivity contribution in [1.82, 2.24) is 19.8 Å². The predicted molar refractivity (Wildman–Crippen MR) is 232 cm³/mol. The molecule has 1 aromatic heterocycles. The number of aromatic nitrogens is 2. The van der Waals surface area contributed by atoms with Crippen LogP contribution in [0.5, 0.6) is 0 Å². The van der Waals surface area contributed by atoms with Crippen LogP contribution in [0.1, 0.15) is 31.2 Å². The van der Waals surface area contributed by atoms with Gasteiger partial charge in [-0.1, -0.05) is 47.5 Å². The molecule has 1 aliphatic carbocycles. The first-order valence-corrected chi connectivity index (χ1v) is 22.0. The molecule has 57 heavy (non-hydrogen) atoms. The highest BCUT2D eigenvalue weighted by molar-refractivity contribution is 7.99. The number of anilines is 3. The van der Waals surface area contributed by atoms with Crippen molar-refractivity contribution in [3.8, 4) is 0 Å². The van der Waals surface area contributed by atoms with E-state index in [-0.39, 0.29) is 28.1 Å². The van der Waals surface area contributed by atoms with Crippen LogP contribution < -0.4 is 14.9 Å². The number of nitrogens with one attached hydrogen (secondary N) is 2. The lowest BCUT2D eigenvalue weighted by atomic mass is 9.87. The number of likely N-dealkylation sites (N-methyl/N-ethyl adjacent to an activating group) is 1. The number of piperazine rings is 1. The fourth-order valence-corrected chi connectivity index (χ4v) is 9.66. The van der Waals surface area contributed by atoms with Gasteiger partial charge in [-0.05, 0) is 106 Å². The zero-order chi connectivity index (χ0) is 39.9. The lowest BCUT2D eigenvalue weighted by molar-refractivity contribution is -0.384. The summed E-state index contributed by atoms with van der Waals surface area (Å²) in [5.74, 6) is 0.743. The van der Waals surface area contributed by atoms with Crippen LogP contribution in [0.4, 0.5) is 22.9 Å². The quantitative estimate of drug-likeness (QED) is 0.0600. The van der Waals surface area contributed by atoms with E-state index < -0.39 is 14.9 Å². The minimum Gasteiger partial charge on any atom is -0.375 e. The first kappa shape index (κ1) is 40.5. The number of allylic oxidation sites excluding steroid dienone is 1. The number of nitro benzene ring substituents is 1. The Morgan fingerprint density at radius 1 is 0.930 bits per heavy atom. The van der Waals surface area contributed by atoms with Crippen molar-refractivity contribution in [2.75, 3.05) is 74.1 Å². The molecule has 0 bridgehead atoms. The maximum Gasteiger partial charge on any atom is 0.293 e. The van der Waals surface area contributed by atoms with E-state index in [9.17, 15) is 18.5 Å². The highest BCUT2D eigenvalue weighted by Gasteiger charge is 2.26. The Hall–Kier alpha value is -4.73. The second-order valence-electron chi connectivity index (χ2n) is 14.8. The molecule has 2 N–H and O–H groups in total. The van der Waals surface area contributed by atoms with Gasteiger partial charge in [0, 0.05) is 78.1 Å². The van der Waals surface area contributed by atoms with E-state index in [1.165, 1.54) is 48.0 Å². The van der Waals surface area contributed by atoms with Crippen molar-refractivity contribution in [1.29, 1.82) is 0 Å². The summed E-state index contributed by atoms with van der Waals surface area (Å²) in [6, 6.07) is 27.7. The highest BCUT2D eigenvalue weighted by Crippen LogP contribution is 2.35. The topological polar surface area (TPSA) is 137 Å². The van der Waals surface area contributed by atoms with Gasteiger partial charge in [-0.25, -0.2) is 18.4 Å². The van der Waals surface area contributed by atoms with Crippen LogP contribution in [0, 0.1) is 10.1 Å². The minimum atomic E-state index is -4.25. The normalized spacial score (nSPS) is 15.9. The van der Waals surface area contributed by atoms with Crippen molar-refractivity contribution in [3.05, 3.63) is 124 Å². The second-order valence-corrected chi connectivity index (χ2v) is 18.0. The molecule has 1 atom stereocenters. The van der Waals surface area contributed by atoms with Gasteiger partial charge in [0.15, 0.2) is 5.82 Å². The van der Waals surface area contributed by atoms with E-state index in [1.807, 2.05) is 79.7 Å². The van der Waals surface area contributed by atoms with Crippen molar-refractivity contribution in [2.45, 2.75) is 41.5 Å². The van der Waals surface area contributed by atoms with Gasteiger partial charge in [0.1, 0.15) is 12.0 Å². The van der Waals surface area contributed by atoms with Gasteiger partial charge >= 0.3 is 0 Å². The SMILES string of the molecule is CN(C)C[C@H](CSc1ccccc1)Nc1ccc(S(=O)(=O)Nc2ncnc3cc(N4CCN(CC5=C(c6ccc(Cl)cc6)CCCC5)CC4)ccc23)cc1[N+](=O)[O-]. The summed E-state index contributed by atoms with van der Waals surface area (Å²) in [6.07, 6.45) is 5.99. The number of halogens is 1. The van der Waals surface area contributed by atoms with Crippen LogP contribution in [-0.2, 0) is 10.0 Å². The first-order valence-electron chi connectivity index (χ1n) is 19.1. The average Bonchev–Trinajstić information content (AvgIpc) is 3.21. The van der Waals surface area contributed by atoms with Gasteiger partial charge in [-0.3, -0.25) is 19.7 Å². The molecule has 0 unspecified atom stereocenters. The van der Waals surface area contributed by atoms with Gasteiger partial charge in [0.25, 0.3) is 15.7 Å². The van der Waals surface area contributed by atoms with Crippen LogP contribution >= 0.6 is 23.4 Å². The van der Waals surface area contributed by atoms with E-state index in [4.69, 9.17) is 11.6 Å². The maximum absolute atomic E-state index is 13.7. The van der Waals surface area contributed by atoms with Crippen LogP contribution in [0.3, 0.4) is 0 Å². The predicted octanol–water partition coefficient (Wildman–Crippen LogP) is 8.28. The number of fused-ring (bicyclic) bond motifs is 1. The van der Waals surface area contributed by atoms with Crippen LogP contribution in [0.15, 0.2) is 113 Å². The molecule has 12 nitrogen and oxygen atoms in total. The highest BCUT2D eigenvalue weighted by atomic mass is 35.5. The first-order chi connectivity index (χ1) is 27.5. The summed E-state index contributed by atoms with van der Waals surface area (Å²) < 4.78 is 30.0. The maximum atomic E-state index is 13.7. The van der Waals surface area contributed by atoms with Crippen molar-refractivity contribution in [2.24, 2.45) is 0 Å². The zero-order valence-corrected chi connectivity index (χ0v) is 34.5. The number of thioether (sulfide) groups is 1. The minimum absolute atomic E-state index is 0.0995. The van der Waals surface area contributed by atoms with Crippen molar-refractivity contribution < 1.29 is 13.3 Å². The number of nitrogens with zero attached hydrogens (tertiary/aromatic N) is 6. The Balaban J connectivity index is 1.02. The van der Waals surface area contributed by atoms with Crippen LogP contribution in [0.2, 0.25) is 5.02 Å². The van der Waals surface area contributed by atoms with Crippen LogP contribution in [0.25, 0.3) is 16.5 Å². The largest absolute Gasteiger partial charge is 0.375 e. The number of nitro groups is 1. The molecule has 4 aromatic carbocycles. The molecule has 2 aliphatic rings. The summed E-state index contributed by atoms with van der Waals surface area (Å²) in [6.45, 7) is 5.13. The van der Waals surface area contributed by atoms with E-state index in [2.05, 4.69) is 41.9 Å². The van der Waals surface area contributed by atoms with Crippen LogP contribution in [-0.4, -0.2) is 98.3 Å². The molecule has 0 radical (unpaired) electrons. The Morgan fingerprint density at radius 2 is 1.68 bits per heavy atom. The van der Waals surface area contributed by atoms with Gasteiger partial charge in [-0.15, -0.1) is 11.8 Å².